The highest BCUT2D eigenvalue weighted by Crippen LogP contribution is 2.39. The van der Waals surface area contributed by atoms with E-state index in [0.29, 0.717) is 11.3 Å². The van der Waals surface area contributed by atoms with Gasteiger partial charge in [0.25, 0.3) is 5.91 Å². The molecule has 0 fully saturated rings. The summed E-state index contributed by atoms with van der Waals surface area (Å²) in [6.45, 7) is 5.87. The van der Waals surface area contributed by atoms with Gasteiger partial charge in [0.15, 0.2) is 11.5 Å². The van der Waals surface area contributed by atoms with E-state index < -0.39 is 29.9 Å². The zero-order valence-corrected chi connectivity index (χ0v) is 18.2. The number of aryl methyl sites for hydroxylation is 1. The second kappa shape index (κ2) is 9.09. The van der Waals surface area contributed by atoms with Crippen LogP contribution in [-0.2, 0) is 5.60 Å². The minimum atomic E-state index is -5.09. The fourth-order valence-electron chi connectivity index (χ4n) is 3.07. The van der Waals surface area contributed by atoms with Crippen molar-refractivity contribution in [3.05, 3.63) is 46.5 Å². The van der Waals surface area contributed by atoms with Crippen LogP contribution in [0.3, 0.4) is 0 Å². The van der Waals surface area contributed by atoms with E-state index in [0.717, 1.165) is 5.56 Å². The van der Waals surface area contributed by atoms with Crippen LogP contribution in [0, 0.1) is 13.8 Å². The average Bonchev–Trinajstić information content (AvgIpc) is 2.71. The standard InChI is InChI=1S/C21H26F3N3O4/c1-11(2)14-7-18(27-13(4)12(14)3)20(29,21(22,23)24)10-26-19(28)15-8-16(30-5)17(31-6)9-25-15/h7-9,11,29H,10H2,1-6H3,(H,26,28). The molecule has 0 spiro atoms. The summed E-state index contributed by atoms with van der Waals surface area (Å²) in [5.41, 5.74) is -2.40. The van der Waals surface area contributed by atoms with Crippen LogP contribution in [-0.4, -0.2) is 47.9 Å². The number of hydrogen-bond donors (Lipinski definition) is 2. The zero-order valence-electron chi connectivity index (χ0n) is 18.2. The van der Waals surface area contributed by atoms with Crippen molar-refractivity contribution >= 4 is 5.91 Å². The lowest BCUT2D eigenvalue weighted by Gasteiger charge is -2.31. The molecule has 0 radical (unpaired) electrons. The largest absolute Gasteiger partial charge is 0.493 e. The van der Waals surface area contributed by atoms with Gasteiger partial charge in [-0.25, -0.2) is 4.98 Å². The van der Waals surface area contributed by atoms with Crippen LogP contribution in [0.2, 0.25) is 0 Å². The molecule has 1 amide bonds. The number of rotatable bonds is 7. The van der Waals surface area contributed by atoms with Crippen molar-refractivity contribution in [1.82, 2.24) is 15.3 Å². The Hall–Kier alpha value is -2.88. The number of carbonyl (C=O) groups is 1. The van der Waals surface area contributed by atoms with Gasteiger partial charge in [0.2, 0.25) is 5.60 Å². The number of hydrogen-bond acceptors (Lipinski definition) is 6. The lowest BCUT2D eigenvalue weighted by molar-refractivity contribution is -0.265. The van der Waals surface area contributed by atoms with Gasteiger partial charge in [0, 0.05) is 11.8 Å². The molecule has 0 aliphatic heterocycles. The van der Waals surface area contributed by atoms with E-state index in [9.17, 15) is 23.1 Å². The van der Waals surface area contributed by atoms with Crippen LogP contribution < -0.4 is 14.8 Å². The Morgan fingerprint density at radius 3 is 2.29 bits per heavy atom. The third-order valence-corrected chi connectivity index (χ3v) is 5.08. The summed E-state index contributed by atoms with van der Waals surface area (Å²) in [4.78, 5) is 20.3. The Bertz CT molecular complexity index is 964. The lowest BCUT2D eigenvalue weighted by atomic mass is 9.91. The van der Waals surface area contributed by atoms with Gasteiger partial charge in [0.1, 0.15) is 5.69 Å². The third-order valence-electron chi connectivity index (χ3n) is 5.08. The number of nitrogens with one attached hydrogen (secondary N) is 1. The quantitative estimate of drug-likeness (QED) is 0.684. The van der Waals surface area contributed by atoms with Crippen LogP contribution in [0.25, 0.3) is 0 Å². The summed E-state index contributed by atoms with van der Waals surface area (Å²) in [7, 11) is 2.73. The van der Waals surface area contributed by atoms with Crippen LogP contribution >= 0.6 is 0 Å². The van der Waals surface area contributed by atoms with E-state index in [2.05, 4.69) is 15.3 Å². The molecule has 0 aliphatic rings. The maximum Gasteiger partial charge on any atom is 0.424 e. The predicted octanol–water partition coefficient (Wildman–Crippen LogP) is 3.41. The fourth-order valence-corrected chi connectivity index (χ4v) is 3.07. The molecular formula is C21H26F3N3O4. The Morgan fingerprint density at radius 2 is 1.77 bits per heavy atom. The molecule has 0 aromatic carbocycles. The molecule has 2 aromatic heterocycles. The molecule has 7 nitrogen and oxygen atoms in total. The third kappa shape index (κ3) is 4.90. The number of nitrogens with zero attached hydrogens (tertiary/aromatic N) is 2. The summed E-state index contributed by atoms with van der Waals surface area (Å²) in [6.07, 6.45) is -3.88. The van der Waals surface area contributed by atoms with Crippen LogP contribution in [0.15, 0.2) is 18.3 Å². The minimum Gasteiger partial charge on any atom is -0.493 e. The molecule has 31 heavy (non-hydrogen) atoms. The van der Waals surface area contributed by atoms with Gasteiger partial charge >= 0.3 is 6.18 Å². The first-order chi connectivity index (χ1) is 14.4. The van der Waals surface area contributed by atoms with E-state index in [1.807, 2.05) is 13.8 Å². The van der Waals surface area contributed by atoms with E-state index >= 15 is 0 Å². The number of aromatic nitrogens is 2. The highest BCUT2D eigenvalue weighted by atomic mass is 19.4. The average molecular weight is 441 g/mol. The molecule has 2 heterocycles. The minimum absolute atomic E-state index is 0.0801. The predicted molar refractivity (Wildman–Crippen MR) is 107 cm³/mol. The first-order valence-corrected chi connectivity index (χ1v) is 9.49. The molecule has 170 valence electrons. The molecule has 0 aliphatic carbocycles. The van der Waals surface area contributed by atoms with Gasteiger partial charge < -0.3 is 19.9 Å². The number of aliphatic hydroxyl groups is 1. The normalized spacial score (nSPS) is 13.6. The van der Waals surface area contributed by atoms with E-state index in [4.69, 9.17) is 9.47 Å². The van der Waals surface area contributed by atoms with Crippen molar-refractivity contribution in [3.63, 3.8) is 0 Å². The van der Waals surface area contributed by atoms with Gasteiger partial charge in [-0.05, 0) is 37.0 Å². The van der Waals surface area contributed by atoms with Crippen LogP contribution in [0.5, 0.6) is 11.5 Å². The van der Waals surface area contributed by atoms with Crippen molar-refractivity contribution in [2.45, 2.75) is 45.4 Å². The number of ether oxygens (including phenoxy) is 2. The number of methoxy groups -OCH3 is 2. The van der Waals surface area contributed by atoms with Crippen molar-refractivity contribution in [2.75, 3.05) is 20.8 Å². The molecule has 2 aromatic rings. The van der Waals surface area contributed by atoms with Gasteiger partial charge in [0.05, 0.1) is 32.7 Å². The van der Waals surface area contributed by atoms with E-state index in [-0.39, 0.29) is 23.1 Å². The van der Waals surface area contributed by atoms with Gasteiger partial charge in [-0.2, -0.15) is 13.2 Å². The SMILES string of the molecule is COc1cnc(C(=O)NCC(O)(c2cc(C(C)C)c(C)c(C)n2)C(F)(F)F)cc1OC. The van der Waals surface area contributed by atoms with E-state index in [1.54, 1.807) is 13.8 Å². The molecule has 2 rings (SSSR count). The topological polar surface area (TPSA) is 93.6 Å². The summed E-state index contributed by atoms with van der Waals surface area (Å²) >= 11 is 0. The molecule has 0 saturated carbocycles. The van der Waals surface area contributed by atoms with Gasteiger partial charge in [-0.1, -0.05) is 13.8 Å². The number of halogens is 3. The summed E-state index contributed by atoms with van der Waals surface area (Å²) < 4.78 is 51.9. The van der Waals surface area contributed by atoms with Crippen LogP contribution in [0.4, 0.5) is 13.2 Å². The summed E-state index contributed by atoms with van der Waals surface area (Å²) in [5, 5.41) is 12.8. The monoisotopic (exact) mass is 441 g/mol. The maximum atomic E-state index is 13.9. The fraction of sp³-hybridized carbons (Fsp3) is 0.476. The molecule has 0 bridgehead atoms. The summed E-state index contributed by atoms with van der Waals surface area (Å²) in [6, 6.07) is 2.47. The number of pyridine rings is 2. The van der Waals surface area contributed by atoms with Crippen molar-refractivity contribution in [3.8, 4) is 11.5 Å². The number of carbonyl (C=O) groups excluding carboxylic acids is 1. The Balaban J connectivity index is 2.40. The van der Waals surface area contributed by atoms with Crippen molar-refractivity contribution in [1.29, 1.82) is 0 Å². The van der Waals surface area contributed by atoms with Crippen molar-refractivity contribution in [2.24, 2.45) is 0 Å². The van der Waals surface area contributed by atoms with Gasteiger partial charge in [-0.15, -0.1) is 0 Å². The summed E-state index contributed by atoms with van der Waals surface area (Å²) in [5.74, 6) is -0.558. The smallest absolute Gasteiger partial charge is 0.424 e. The second-order valence-electron chi connectivity index (χ2n) is 7.43. The number of amides is 1. The first-order valence-electron chi connectivity index (χ1n) is 9.49. The first kappa shape index (κ1) is 24.4. The molecular weight excluding hydrogens is 415 g/mol. The van der Waals surface area contributed by atoms with Crippen molar-refractivity contribution < 1.29 is 32.5 Å². The highest BCUT2D eigenvalue weighted by molar-refractivity contribution is 5.92. The lowest BCUT2D eigenvalue weighted by Crippen LogP contribution is -2.51. The Kier molecular flexibility index (Phi) is 7.15. The molecule has 1 atom stereocenters. The Labute approximate surface area is 178 Å². The Morgan fingerprint density at radius 1 is 1.16 bits per heavy atom. The molecule has 0 saturated heterocycles. The molecule has 10 heteroatoms. The van der Waals surface area contributed by atoms with Gasteiger partial charge in [-0.3, -0.25) is 9.78 Å². The zero-order chi connectivity index (χ0) is 23.6. The number of alkyl halides is 3. The molecule has 1 unspecified atom stereocenters. The maximum absolute atomic E-state index is 13.9. The van der Waals surface area contributed by atoms with E-state index in [1.165, 1.54) is 32.5 Å². The highest BCUT2D eigenvalue weighted by Gasteiger charge is 2.56. The molecule has 2 N–H and O–H groups in total. The van der Waals surface area contributed by atoms with Crippen LogP contribution in [0.1, 0.15) is 52.8 Å². The second-order valence-corrected chi connectivity index (χ2v) is 7.43.